The molecule has 0 spiro atoms. The summed E-state index contributed by atoms with van der Waals surface area (Å²) in [6, 6.07) is 6.16. The summed E-state index contributed by atoms with van der Waals surface area (Å²) in [5.41, 5.74) is -0.654. The molecule has 1 aliphatic rings. The number of nitrogens with zero attached hydrogens (tertiary/aromatic N) is 3. The lowest BCUT2D eigenvalue weighted by Crippen LogP contribution is -2.38. The van der Waals surface area contributed by atoms with Gasteiger partial charge in [-0.15, -0.1) is 5.10 Å². The molecule has 0 aliphatic carbocycles. The quantitative estimate of drug-likeness (QED) is 0.821. The summed E-state index contributed by atoms with van der Waals surface area (Å²) in [6.45, 7) is 3.02. The Morgan fingerprint density at radius 3 is 2.44 bits per heavy atom. The third-order valence-corrected chi connectivity index (χ3v) is 4.51. The number of aryl methyl sites for hydroxylation is 1. The molecule has 27 heavy (non-hydrogen) atoms. The number of hydrogen-bond acceptors (Lipinski definition) is 4. The zero-order valence-corrected chi connectivity index (χ0v) is 14.6. The molecule has 9 heteroatoms. The van der Waals surface area contributed by atoms with Gasteiger partial charge in [0.15, 0.2) is 5.82 Å². The second-order valence-electron chi connectivity index (χ2n) is 6.48. The zero-order valence-electron chi connectivity index (χ0n) is 14.6. The van der Waals surface area contributed by atoms with E-state index in [1.54, 1.807) is 0 Å². The lowest BCUT2D eigenvalue weighted by Gasteiger charge is -2.31. The molecule has 1 aromatic heterocycles. The number of benzene rings is 1. The standard InChI is InChI=1S/C18H18F4N4O/c1-11-2-5-16(25-24-11)26-8-6-12(7-9-26)17(27)23-13-3-4-15(19)14(10-13)18(20,21)22/h2-5,10,12H,6-9H2,1H3,(H,23,27). The number of amides is 1. The fourth-order valence-electron chi connectivity index (χ4n) is 3.00. The number of halogens is 4. The van der Waals surface area contributed by atoms with Crippen molar-refractivity contribution in [1.29, 1.82) is 0 Å². The number of alkyl halides is 3. The first-order valence-electron chi connectivity index (χ1n) is 8.47. The minimum Gasteiger partial charge on any atom is -0.355 e. The van der Waals surface area contributed by atoms with Gasteiger partial charge in [0.2, 0.25) is 5.91 Å². The van der Waals surface area contributed by atoms with Gasteiger partial charge in [0.05, 0.1) is 11.3 Å². The van der Waals surface area contributed by atoms with Crippen LogP contribution in [0, 0.1) is 18.7 Å². The summed E-state index contributed by atoms with van der Waals surface area (Å²) >= 11 is 0. The maximum Gasteiger partial charge on any atom is 0.419 e. The van der Waals surface area contributed by atoms with Gasteiger partial charge in [-0.05, 0) is 50.1 Å². The third-order valence-electron chi connectivity index (χ3n) is 4.51. The van der Waals surface area contributed by atoms with Gasteiger partial charge in [-0.2, -0.15) is 18.3 Å². The van der Waals surface area contributed by atoms with Gasteiger partial charge in [0, 0.05) is 24.7 Å². The van der Waals surface area contributed by atoms with Gasteiger partial charge < -0.3 is 10.2 Å². The van der Waals surface area contributed by atoms with Crippen LogP contribution in [0.3, 0.4) is 0 Å². The fraction of sp³-hybridized carbons (Fsp3) is 0.389. The Morgan fingerprint density at radius 1 is 1.15 bits per heavy atom. The molecule has 5 nitrogen and oxygen atoms in total. The Balaban J connectivity index is 1.61. The van der Waals surface area contributed by atoms with E-state index < -0.39 is 17.6 Å². The van der Waals surface area contributed by atoms with E-state index in [1.165, 1.54) is 0 Å². The summed E-state index contributed by atoms with van der Waals surface area (Å²) in [4.78, 5) is 14.4. The first kappa shape index (κ1) is 19.1. The molecule has 3 rings (SSSR count). The average molecular weight is 382 g/mol. The van der Waals surface area contributed by atoms with E-state index in [2.05, 4.69) is 15.5 Å². The topological polar surface area (TPSA) is 58.1 Å². The Bertz CT molecular complexity index is 815. The molecule has 1 amide bonds. The van der Waals surface area contributed by atoms with E-state index in [9.17, 15) is 22.4 Å². The number of rotatable bonds is 3. The molecule has 1 saturated heterocycles. The number of nitrogens with one attached hydrogen (secondary N) is 1. The van der Waals surface area contributed by atoms with Crippen LogP contribution in [0.4, 0.5) is 29.1 Å². The Morgan fingerprint density at radius 2 is 1.85 bits per heavy atom. The monoisotopic (exact) mass is 382 g/mol. The van der Waals surface area contributed by atoms with E-state index >= 15 is 0 Å². The maximum absolute atomic E-state index is 13.3. The number of anilines is 2. The van der Waals surface area contributed by atoms with Gasteiger partial charge in [0.25, 0.3) is 0 Å². The highest BCUT2D eigenvalue weighted by atomic mass is 19.4. The predicted octanol–water partition coefficient (Wildman–Crippen LogP) is 3.80. The van der Waals surface area contributed by atoms with Crippen LogP contribution in [-0.2, 0) is 11.0 Å². The summed E-state index contributed by atoms with van der Waals surface area (Å²) in [5.74, 6) is -1.34. The molecule has 144 valence electrons. The number of hydrogen-bond donors (Lipinski definition) is 1. The van der Waals surface area contributed by atoms with Crippen molar-refractivity contribution >= 4 is 17.4 Å². The molecule has 0 saturated carbocycles. The molecule has 1 N–H and O–H groups in total. The van der Waals surface area contributed by atoms with Crippen molar-refractivity contribution < 1.29 is 22.4 Å². The first-order valence-corrected chi connectivity index (χ1v) is 8.47. The van der Waals surface area contributed by atoms with Gasteiger partial charge in [-0.25, -0.2) is 4.39 Å². The van der Waals surface area contributed by atoms with E-state index in [0.29, 0.717) is 38.1 Å². The number of carbonyl (C=O) groups excluding carboxylic acids is 1. The zero-order chi connectivity index (χ0) is 19.6. The lowest BCUT2D eigenvalue weighted by molar-refractivity contribution is -0.140. The molecule has 1 aromatic carbocycles. The average Bonchev–Trinajstić information content (AvgIpc) is 2.63. The Hall–Kier alpha value is -2.71. The molecule has 2 heterocycles. The van der Waals surface area contributed by atoms with E-state index in [4.69, 9.17) is 0 Å². The van der Waals surface area contributed by atoms with E-state index in [1.807, 2.05) is 24.0 Å². The highest BCUT2D eigenvalue weighted by Crippen LogP contribution is 2.33. The summed E-state index contributed by atoms with van der Waals surface area (Å²) < 4.78 is 51.7. The highest BCUT2D eigenvalue weighted by molar-refractivity contribution is 5.92. The lowest BCUT2D eigenvalue weighted by atomic mass is 9.95. The van der Waals surface area contributed by atoms with Crippen LogP contribution in [0.2, 0.25) is 0 Å². The molecule has 0 bridgehead atoms. The van der Waals surface area contributed by atoms with Gasteiger partial charge in [0.1, 0.15) is 5.82 Å². The molecular formula is C18H18F4N4O. The smallest absolute Gasteiger partial charge is 0.355 e. The molecule has 0 atom stereocenters. The second-order valence-corrected chi connectivity index (χ2v) is 6.48. The van der Waals surface area contributed by atoms with Crippen molar-refractivity contribution in [3.63, 3.8) is 0 Å². The molecule has 1 aliphatic heterocycles. The fourth-order valence-corrected chi connectivity index (χ4v) is 3.00. The summed E-state index contributed by atoms with van der Waals surface area (Å²) in [5, 5.41) is 10.6. The number of carbonyl (C=O) groups is 1. The van der Waals surface area contributed by atoms with Crippen molar-refractivity contribution in [2.75, 3.05) is 23.3 Å². The normalized spacial score (nSPS) is 15.7. The first-order chi connectivity index (χ1) is 12.7. The van der Waals surface area contributed by atoms with Crippen molar-refractivity contribution in [2.24, 2.45) is 5.92 Å². The van der Waals surface area contributed by atoms with Crippen LogP contribution >= 0.6 is 0 Å². The van der Waals surface area contributed by atoms with Gasteiger partial charge in [-0.3, -0.25) is 4.79 Å². The van der Waals surface area contributed by atoms with Crippen molar-refractivity contribution in [3.8, 4) is 0 Å². The minimum atomic E-state index is -4.81. The van der Waals surface area contributed by atoms with E-state index in [0.717, 1.165) is 17.6 Å². The molecule has 0 radical (unpaired) electrons. The molecule has 2 aromatic rings. The molecular weight excluding hydrogens is 364 g/mol. The predicted molar refractivity (Wildman–Crippen MR) is 91.7 cm³/mol. The minimum absolute atomic E-state index is 0.0689. The highest BCUT2D eigenvalue weighted by Gasteiger charge is 2.34. The molecule has 0 unspecified atom stereocenters. The number of piperidine rings is 1. The Kier molecular flexibility index (Phi) is 5.29. The van der Waals surface area contributed by atoms with E-state index in [-0.39, 0.29) is 17.5 Å². The third kappa shape index (κ3) is 4.53. The van der Waals surface area contributed by atoms with Crippen molar-refractivity contribution in [3.05, 3.63) is 47.4 Å². The second kappa shape index (κ2) is 7.50. The van der Waals surface area contributed by atoms with Crippen LogP contribution in [0.15, 0.2) is 30.3 Å². The van der Waals surface area contributed by atoms with Gasteiger partial charge in [-0.1, -0.05) is 0 Å². The Labute approximate surface area is 153 Å². The molecule has 1 fully saturated rings. The van der Waals surface area contributed by atoms with Crippen LogP contribution in [-0.4, -0.2) is 29.2 Å². The van der Waals surface area contributed by atoms with Crippen molar-refractivity contribution in [1.82, 2.24) is 10.2 Å². The van der Waals surface area contributed by atoms with Crippen LogP contribution in [0.5, 0.6) is 0 Å². The van der Waals surface area contributed by atoms with Crippen LogP contribution in [0.1, 0.15) is 24.1 Å². The van der Waals surface area contributed by atoms with Crippen molar-refractivity contribution in [2.45, 2.75) is 25.9 Å². The van der Waals surface area contributed by atoms with Gasteiger partial charge >= 0.3 is 6.18 Å². The SMILES string of the molecule is Cc1ccc(N2CCC(C(=O)Nc3ccc(F)c(C(F)(F)F)c3)CC2)nn1. The maximum atomic E-state index is 13.3. The number of aromatic nitrogens is 2. The summed E-state index contributed by atoms with van der Waals surface area (Å²) in [6.07, 6.45) is -3.74. The largest absolute Gasteiger partial charge is 0.419 e. The van der Waals surface area contributed by atoms with Crippen LogP contribution < -0.4 is 10.2 Å². The summed E-state index contributed by atoms with van der Waals surface area (Å²) in [7, 11) is 0. The van der Waals surface area contributed by atoms with Crippen LogP contribution in [0.25, 0.3) is 0 Å².